The zero-order chi connectivity index (χ0) is 9.84. The molecule has 0 saturated heterocycles. The Labute approximate surface area is 85.5 Å². The zero-order valence-corrected chi connectivity index (χ0v) is 9.13. The number of allylic oxidation sites excluding steroid dienone is 1. The van der Waals surface area contributed by atoms with Gasteiger partial charge in [-0.25, -0.2) is 4.79 Å². The average Bonchev–Trinajstić information content (AvgIpc) is 2.16. The molecule has 1 heterocycles. The fourth-order valence-corrected chi connectivity index (χ4v) is 1.48. The van der Waals surface area contributed by atoms with Crippen molar-refractivity contribution >= 4 is 21.9 Å². The van der Waals surface area contributed by atoms with E-state index in [2.05, 4.69) is 20.7 Å². The summed E-state index contributed by atoms with van der Waals surface area (Å²) in [4.78, 5) is 11.2. The van der Waals surface area contributed by atoms with E-state index in [9.17, 15) is 4.79 Å². The van der Waals surface area contributed by atoms with Gasteiger partial charge in [0, 0.05) is 0 Å². The second kappa shape index (κ2) is 4.46. The van der Waals surface area contributed by atoms with Crippen molar-refractivity contribution in [2.45, 2.75) is 13.0 Å². The molecule has 0 saturated carbocycles. The Kier molecular flexibility index (Phi) is 3.54. The maximum Gasteiger partial charge on any atom is 0.341 e. The Bertz CT molecular complexity index is 268. The molecule has 0 aromatic carbocycles. The minimum atomic E-state index is -0.363. The highest BCUT2D eigenvalue weighted by Crippen LogP contribution is 2.19. The SMILES string of the molecule is COC(=O)C1=C(CBr)OC(C)C=C1. The van der Waals surface area contributed by atoms with Crippen LogP contribution >= 0.6 is 15.9 Å². The van der Waals surface area contributed by atoms with E-state index in [0.29, 0.717) is 16.7 Å². The number of carbonyl (C=O) groups is 1. The van der Waals surface area contributed by atoms with Gasteiger partial charge in [0.2, 0.25) is 0 Å². The largest absolute Gasteiger partial charge is 0.489 e. The topological polar surface area (TPSA) is 35.5 Å². The fraction of sp³-hybridized carbons (Fsp3) is 0.444. The quantitative estimate of drug-likeness (QED) is 0.551. The summed E-state index contributed by atoms with van der Waals surface area (Å²) in [5, 5.41) is 0.520. The number of hydrogen-bond donors (Lipinski definition) is 0. The lowest BCUT2D eigenvalue weighted by atomic mass is 10.1. The molecule has 72 valence electrons. The Hall–Kier alpha value is -0.770. The van der Waals surface area contributed by atoms with E-state index in [0.717, 1.165) is 0 Å². The Morgan fingerprint density at radius 3 is 3.00 bits per heavy atom. The third-order valence-electron chi connectivity index (χ3n) is 1.69. The van der Waals surface area contributed by atoms with Crippen LogP contribution < -0.4 is 0 Å². The van der Waals surface area contributed by atoms with Crippen LogP contribution in [0.3, 0.4) is 0 Å². The molecule has 1 aliphatic heterocycles. The first kappa shape index (κ1) is 10.3. The predicted molar refractivity (Wildman–Crippen MR) is 52.5 cm³/mol. The van der Waals surface area contributed by atoms with Gasteiger partial charge in [0.1, 0.15) is 11.9 Å². The molecule has 0 N–H and O–H groups in total. The summed E-state index contributed by atoms with van der Waals surface area (Å²) < 4.78 is 10.0. The van der Waals surface area contributed by atoms with E-state index in [1.807, 2.05) is 13.0 Å². The first-order valence-electron chi connectivity index (χ1n) is 3.91. The van der Waals surface area contributed by atoms with Crippen molar-refractivity contribution in [3.05, 3.63) is 23.5 Å². The average molecular weight is 247 g/mol. The van der Waals surface area contributed by atoms with Crippen molar-refractivity contribution in [3.63, 3.8) is 0 Å². The van der Waals surface area contributed by atoms with Gasteiger partial charge in [-0.1, -0.05) is 15.9 Å². The molecular weight excluding hydrogens is 236 g/mol. The highest BCUT2D eigenvalue weighted by molar-refractivity contribution is 9.09. The van der Waals surface area contributed by atoms with Gasteiger partial charge >= 0.3 is 5.97 Å². The monoisotopic (exact) mass is 246 g/mol. The van der Waals surface area contributed by atoms with Gasteiger partial charge in [-0.15, -0.1) is 0 Å². The van der Waals surface area contributed by atoms with Crippen LogP contribution in [0.25, 0.3) is 0 Å². The number of alkyl halides is 1. The van der Waals surface area contributed by atoms with Gasteiger partial charge in [-0.05, 0) is 19.1 Å². The second-order valence-corrected chi connectivity index (χ2v) is 3.20. The minimum Gasteiger partial charge on any atom is -0.489 e. The van der Waals surface area contributed by atoms with Gasteiger partial charge in [0.05, 0.1) is 18.0 Å². The summed E-state index contributed by atoms with van der Waals surface area (Å²) in [5.41, 5.74) is 0.484. The Balaban J connectivity index is 2.91. The molecule has 0 spiro atoms. The molecule has 1 atom stereocenters. The molecule has 13 heavy (non-hydrogen) atoms. The predicted octanol–water partition coefficient (Wildman–Crippen LogP) is 1.78. The van der Waals surface area contributed by atoms with E-state index in [4.69, 9.17) is 4.74 Å². The van der Waals surface area contributed by atoms with Gasteiger partial charge in [0.25, 0.3) is 0 Å². The summed E-state index contributed by atoms with van der Waals surface area (Å²) in [7, 11) is 1.35. The second-order valence-electron chi connectivity index (χ2n) is 2.64. The summed E-state index contributed by atoms with van der Waals surface area (Å²) in [6.45, 7) is 1.91. The van der Waals surface area contributed by atoms with E-state index >= 15 is 0 Å². The van der Waals surface area contributed by atoms with Crippen LogP contribution in [0.2, 0.25) is 0 Å². The fourth-order valence-electron chi connectivity index (χ4n) is 1.05. The smallest absolute Gasteiger partial charge is 0.341 e. The van der Waals surface area contributed by atoms with Crippen LogP contribution in [0.5, 0.6) is 0 Å². The number of carbonyl (C=O) groups excluding carboxylic acids is 1. The standard InChI is InChI=1S/C9H11BrO3/c1-6-3-4-7(9(11)12-2)8(5-10)13-6/h3-4,6H,5H2,1-2H3. The number of esters is 1. The summed E-state index contributed by atoms with van der Waals surface area (Å²) in [5.74, 6) is 0.263. The van der Waals surface area contributed by atoms with Gasteiger partial charge in [0.15, 0.2) is 0 Å². The lowest BCUT2D eigenvalue weighted by Crippen LogP contribution is -2.16. The molecule has 1 aliphatic rings. The third kappa shape index (κ3) is 2.34. The highest BCUT2D eigenvalue weighted by Gasteiger charge is 2.19. The van der Waals surface area contributed by atoms with Crippen molar-refractivity contribution in [2.75, 3.05) is 12.4 Å². The molecule has 3 nitrogen and oxygen atoms in total. The lowest BCUT2D eigenvalue weighted by Gasteiger charge is -2.19. The van der Waals surface area contributed by atoms with Crippen molar-refractivity contribution in [3.8, 4) is 0 Å². The molecule has 0 aromatic rings. The summed E-state index contributed by atoms with van der Waals surface area (Å²) >= 11 is 3.25. The van der Waals surface area contributed by atoms with Crippen LogP contribution in [0, 0.1) is 0 Å². The number of rotatable bonds is 2. The Morgan fingerprint density at radius 1 is 1.77 bits per heavy atom. The summed E-state index contributed by atoms with van der Waals surface area (Å²) in [6.07, 6.45) is 3.57. The molecule has 0 fully saturated rings. The van der Waals surface area contributed by atoms with Gasteiger partial charge in [-0.2, -0.15) is 0 Å². The van der Waals surface area contributed by atoms with Crippen molar-refractivity contribution in [1.82, 2.24) is 0 Å². The van der Waals surface area contributed by atoms with Crippen molar-refractivity contribution in [2.24, 2.45) is 0 Å². The molecule has 0 amide bonds. The molecule has 0 aromatic heterocycles. The van der Waals surface area contributed by atoms with Crippen LogP contribution in [0.15, 0.2) is 23.5 Å². The molecule has 0 radical (unpaired) electrons. The zero-order valence-electron chi connectivity index (χ0n) is 7.54. The highest BCUT2D eigenvalue weighted by atomic mass is 79.9. The number of hydrogen-bond acceptors (Lipinski definition) is 3. The first-order valence-corrected chi connectivity index (χ1v) is 5.03. The number of ether oxygens (including phenoxy) is 2. The third-order valence-corrected chi connectivity index (χ3v) is 2.20. The molecule has 1 unspecified atom stereocenters. The molecule has 0 aliphatic carbocycles. The normalized spacial score (nSPS) is 21.3. The number of methoxy groups -OCH3 is 1. The first-order chi connectivity index (χ1) is 6.19. The van der Waals surface area contributed by atoms with Crippen LogP contribution in [-0.2, 0) is 14.3 Å². The van der Waals surface area contributed by atoms with Crippen molar-refractivity contribution < 1.29 is 14.3 Å². The molecule has 1 rings (SSSR count). The van der Waals surface area contributed by atoms with E-state index in [-0.39, 0.29) is 12.1 Å². The van der Waals surface area contributed by atoms with Crippen molar-refractivity contribution in [1.29, 1.82) is 0 Å². The molecular formula is C9H11BrO3. The summed E-state index contributed by atoms with van der Waals surface area (Å²) in [6, 6.07) is 0. The van der Waals surface area contributed by atoms with E-state index < -0.39 is 0 Å². The van der Waals surface area contributed by atoms with Gasteiger partial charge < -0.3 is 9.47 Å². The molecule has 4 heteroatoms. The Morgan fingerprint density at radius 2 is 2.46 bits per heavy atom. The van der Waals surface area contributed by atoms with Crippen LogP contribution in [0.1, 0.15) is 6.92 Å². The number of halogens is 1. The van der Waals surface area contributed by atoms with Gasteiger partial charge in [-0.3, -0.25) is 0 Å². The maximum absolute atomic E-state index is 11.2. The maximum atomic E-state index is 11.2. The lowest BCUT2D eigenvalue weighted by molar-refractivity contribution is -0.136. The van der Waals surface area contributed by atoms with E-state index in [1.54, 1.807) is 6.08 Å². The van der Waals surface area contributed by atoms with Crippen LogP contribution in [-0.4, -0.2) is 24.5 Å². The van der Waals surface area contributed by atoms with Crippen LogP contribution in [0.4, 0.5) is 0 Å². The molecule has 0 bridgehead atoms. The minimum absolute atomic E-state index is 0.0148. The van der Waals surface area contributed by atoms with E-state index in [1.165, 1.54) is 7.11 Å².